The molecule has 3 heteroatoms. The van der Waals surface area contributed by atoms with E-state index in [2.05, 4.69) is 43.4 Å². The summed E-state index contributed by atoms with van der Waals surface area (Å²) in [6.07, 6.45) is 0.268. The predicted octanol–water partition coefficient (Wildman–Crippen LogP) is 5.23. The molecule has 0 radical (unpaired) electrons. The summed E-state index contributed by atoms with van der Waals surface area (Å²) in [6, 6.07) is 25.9. The van der Waals surface area contributed by atoms with E-state index in [9.17, 15) is 4.79 Å². The fourth-order valence-corrected chi connectivity index (χ4v) is 3.18. The summed E-state index contributed by atoms with van der Waals surface area (Å²) < 4.78 is 5.98. The van der Waals surface area contributed by atoms with Gasteiger partial charge in [0.2, 0.25) is 0 Å². The molecule has 1 amide bonds. The van der Waals surface area contributed by atoms with Crippen molar-refractivity contribution in [3.63, 3.8) is 0 Å². The molecule has 0 aliphatic heterocycles. The maximum absolute atomic E-state index is 12.9. The summed E-state index contributed by atoms with van der Waals surface area (Å²) in [5, 5.41) is 3.16. The van der Waals surface area contributed by atoms with Crippen LogP contribution in [-0.4, -0.2) is 12.0 Å². The van der Waals surface area contributed by atoms with Gasteiger partial charge in [-0.3, -0.25) is 4.79 Å². The molecule has 3 nitrogen and oxygen atoms in total. The number of benzene rings is 3. The molecule has 0 saturated heterocycles. The summed E-state index contributed by atoms with van der Waals surface area (Å²) in [6.45, 7) is 5.93. The third kappa shape index (κ3) is 4.80. The zero-order chi connectivity index (χ0) is 19.9. The lowest BCUT2D eigenvalue weighted by atomic mass is 9.97. The first-order chi connectivity index (χ1) is 13.6. The Morgan fingerprint density at radius 2 is 1.50 bits per heavy atom. The minimum absolute atomic E-state index is 0.139. The molecular weight excluding hydrogens is 346 g/mol. The highest BCUT2D eigenvalue weighted by molar-refractivity contribution is 5.81. The van der Waals surface area contributed by atoms with Crippen LogP contribution in [0.1, 0.15) is 42.1 Å². The molecule has 1 N–H and O–H groups in total. The van der Waals surface area contributed by atoms with E-state index in [0.717, 1.165) is 28.9 Å². The van der Waals surface area contributed by atoms with Crippen molar-refractivity contribution in [3.8, 4) is 5.75 Å². The third-order valence-corrected chi connectivity index (χ3v) is 4.86. The van der Waals surface area contributed by atoms with E-state index in [1.54, 1.807) is 6.92 Å². The van der Waals surface area contributed by atoms with Crippen LogP contribution in [-0.2, 0) is 11.2 Å². The van der Waals surface area contributed by atoms with Crippen LogP contribution in [0.15, 0.2) is 78.9 Å². The Labute approximate surface area is 167 Å². The standard InChI is InChI=1S/C25H27NO2/c1-4-20-10-8-9-13-23(20)28-19(3)25(27)26-24(21-11-6-5-7-12-21)22-16-14-18(2)15-17-22/h5-17,19,24H,4H2,1-3H3,(H,26,27)/t19-,24+/m0/s1. The first kappa shape index (κ1) is 19.7. The molecule has 0 aromatic heterocycles. The highest BCUT2D eigenvalue weighted by atomic mass is 16.5. The Morgan fingerprint density at radius 1 is 0.893 bits per heavy atom. The van der Waals surface area contributed by atoms with E-state index in [0.29, 0.717) is 0 Å². The van der Waals surface area contributed by atoms with Crippen LogP contribution in [0.5, 0.6) is 5.75 Å². The van der Waals surface area contributed by atoms with E-state index in [1.807, 2.05) is 54.6 Å². The van der Waals surface area contributed by atoms with Crippen molar-refractivity contribution in [3.05, 3.63) is 101 Å². The van der Waals surface area contributed by atoms with Gasteiger partial charge in [-0.2, -0.15) is 0 Å². The molecule has 3 aromatic rings. The summed E-state index contributed by atoms with van der Waals surface area (Å²) in [4.78, 5) is 12.9. The third-order valence-electron chi connectivity index (χ3n) is 4.86. The first-order valence-electron chi connectivity index (χ1n) is 9.75. The van der Waals surface area contributed by atoms with Crippen molar-refractivity contribution in [1.82, 2.24) is 5.32 Å². The number of aryl methyl sites for hydroxylation is 2. The van der Waals surface area contributed by atoms with Crippen molar-refractivity contribution in [2.75, 3.05) is 0 Å². The van der Waals surface area contributed by atoms with Crippen LogP contribution in [0.2, 0.25) is 0 Å². The summed E-state index contributed by atoms with van der Waals surface area (Å²) >= 11 is 0. The number of carbonyl (C=O) groups excluding carboxylic acids is 1. The van der Waals surface area contributed by atoms with Crippen LogP contribution in [0.25, 0.3) is 0 Å². The van der Waals surface area contributed by atoms with Gasteiger partial charge in [0.15, 0.2) is 6.10 Å². The second-order valence-corrected chi connectivity index (χ2v) is 6.98. The van der Waals surface area contributed by atoms with Crippen molar-refractivity contribution in [2.45, 2.75) is 39.3 Å². The molecule has 0 spiro atoms. The van der Waals surface area contributed by atoms with Crippen LogP contribution >= 0.6 is 0 Å². The molecule has 0 bridgehead atoms. The number of hydrogen-bond acceptors (Lipinski definition) is 2. The van der Waals surface area contributed by atoms with E-state index >= 15 is 0 Å². The minimum Gasteiger partial charge on any atom is -0.481 e. The molecule has 0 saturated carbocycles. The maximum Gasteiger partial charge on any atom is 0.261 e. The van der Waals surface area contributed by atoms with Gasteiger partial charge in [-0.1, -0.05) is 85.3 Å². The predicted molar refractivity (Wildman–Crippen MR) is 114 cm³/mol. The molecule has 0 fully saturated rings. The molecule has 0 unspecified atom stereocenters. The number of hydrogen-bond donors (Lipinski definition) is 1. The van der Waals surface area contributed by atoms with Gasteiger partial charge in [-0.25, -0.2) is 0 Å². The Hall–Kier alpha value is -3.07. The SMILES string of the molecule is CCc1ccccc1O[C@@H](C)C(=O)N[C@H](c1ccccc1)c1ccc(C)cc1. The number of nitrogens with one attached hydrogen (secondary N) is 1. The van der Waals surface area contributed by atoms with E-state index in [-0.39, 0.29) is 11.9 Å². The average molecular weight is 373 g/mol. The largest absolute Gasteiger partial charge is 0.481 e. The summed E-state index contributed by atoms with van der Waals surface area (Å²) in [7, 11) is 0. The normalized spacial score (nSPS) is 12.8. The van der Waals surface area contributed by atoms with Gasteiger partial charge in [0.25, 0.3) is 5.91 Å². The highest BCUT2D eigenvalue weighted by Gasteiger charge is 2.22. The van der Waals surface area contributed by atoms with E-state index in [1.165, 1.54) is 5.56 Å². The van der Waals surface area contributed by atoms with Crippen LogP contribution in [0, 0.1) is 6.92 Å². The smallest absolute Gasteiger partial charge is 0.261 e. The second-order valence-electron chi connectivity index (χ2n) is 6.98. The van der Waals surface area contributed by atoms with Gasteiger partial charge in [0, 0.05) is 0 Å². The molecule has 3 rings (SSSR count). The lowest BCUT2D eigenvalue weighted by Crippen LogP contribution is -2.39. The van der Waals surface area contributed by atoms with Gasteiger partial charge >= 0.3 is 0 Å². The lowest BCUT2D eigenvalue weighted by molar-refractivity contribution is -0.127. The zero-order valence-electron chi connectivity index (χ0n) is 16.7. The van der Waals surface area contributed by atoms with Gasteiger partial charge in [0.05, 0.1) is 6.04 Å². The minimum atomic E-state index is -0.593. The lowest BCUT2D eigenvalue weighted by Gasteiger charge is -2.23. The molecule has 3 aromatic carbocycles. The molecular formula is C25H27NO2. The number of amides is 1. The van der Waals surface area contributed by atoms with Crippen LogP contribution < -0.4 is 10.1 Å². The van der Waals surface area contributed by atoms with E-state index < -0.39 is 6.10 Å². The fourth-order valence-electron chi connectivity index (χ4n) is 3.18. The molecule has 0 aliphatic carbocycles. The average Bonchev–Trinajstić information content (AvgIpc) is 2.73. The van der Waals surface area contributed by atoms with Crippen molar-refractivity contribution >= 4 is 5.91 Å². The van der Waals surface area contributed by atoms with Crippen molar-refractivity contribution < 1.29 is 9.53 Å². The molecule has 0 heterocycles. The summed E-state index contributed by atoms with van der Waals surface area (Å²) in [5.41, 5.74) is 4.38. The second kappa shape index (κ2) is 9.23. The Bertz CT molecular complexity index is 903. The number of carbonyl (C=O) groups is 1. The van der Waals surface area contributed by atoms with E-state index in [4.69, 9.17) is 4.74 Å². The topological polar surface area (TPSA) is 38.3 Å². The highest BCUT2D eigenvalue weighted by Crippen LogP contribution is 2.24. The number of para-hydroxylation sites is 1. The zero-order valence-corrected chi connectivity index (χ0v) is 16.7. The fraction of sp³-hybridized carbons (Fsp3) is 0.240. The van der Waals surface area contributed by atoms with Crippen LogP contribution in [0.4, 0.5) is 0 Å². The van der Waals surface area contributed by atoms with Gasteiger partial charge in [-0.15, -0.1) is 0 Å². The monoisotopic (exact) mass is 373 g/mol. The van der Waals surface area contributed by atoms with Gasteiger partial charge in [0.1, 0.15) is 5.75 Å². The maximum atomic E-state index is 12.9. The number of ether oxygens (including phenoxy) is 1. The molecule has 144 valence electrons. The van der Waals surface area contributed by atoms with Gasteiger partial charge in [-0.05, 0) is 43.0 Å². The van der Waals surface area contributed by atoms with Crippen molar-refractivity contribution in [1.29, 1.82) is 0 Å². The molecule has 2 atom stereocenters. The Kier molecular flexibility index (Phi) is 6.49. The summed E-state index contributed by atoms with van der Waals surface area (Å²) in [5.74, 6) is 0.625. The van der Waals surface area contributed by atoms with Crippen molar-refractivity contribution in [2.24, 2.45) is 0 Å². The molecule has 28 heavy (non-hydrogen) atoms. The number of rotatable bonds is 7. The first-order valence-corrected chi connectivity index (χ1v) is 9.75. The quantitative estimate of drug-likeness (QED) is 0.616. The van der Waals surface area contributed by atoms with Gasteiger partial charge < -0.3 is 10.1 Å². The van der Waals surface area contributed by atoms with Crippen LogP contribution in [0.3, 0.4) is 0 Å². The Balaban J connectivity index is 1.80. The Morgan fingerprint density at radius 3 is 2.18 bits per heavy atom. The molecule has 0 aliphatic rings.